The molecule has 94 valence electrons. The molecule has 0 saturated carbocycles. The molecule has 0 saturated heterocycles. The standard InChI is InChI=1S/C11H13F2NO2S/c1-7(15)6-14-10(16)8-4-2-3-5-9(8)17-11(12)13/h2-5,7,11,15H,6H2,1H3,(H,14,16)/t7-/m0/s1. The van der Waals surface area contributed by atoms with Crippen LogP contribution in [0.2, 0.25) is 0 Å². The van der Waals surface area contributed by atoms with Gasteiger partial charge < -0.3 is 10.4 Å². The van der Waals surface area contributed by atoms with E-state index in [1.165, 1.54) is 19.1 Å². The summed E-state index contributed by atoms with van der Waals surface area (Å²) in [5, 5.41) is 11.5. The first kappa shape index (κ1) is 13.9. The normalized spacial score (nSPS) is 12.5. The van der Waals surface area contributed by atoms with Gasteiger partial charge in [-0.15, -0.1) is 0 Å². The van der Waals surface area contributed by atoms with Gasteiger partial charge in [0.15, 0.2) is 0 Å². The smallest absolute Gasteiger partial charge is 0.288 e. The van der Waals surface area contributed by atoms with Crippen molar-refractivity contribution in [2.75, 3.05) is 6.54 Å². The van der Waals surface area contributed by atoms with Gasteiger partial charge in [0, 0.05) is 11.4 Å². The van der Waals surface area contributed by atoms with Gasteiger partial charge in [0.2, 0.25) is 0 Å². The number of benzene rings is 1. The zero-order chi connectivity index (χ0) is 12.8. The molecule has 1 aromatic rings. The first-order valence-electron chi connectivity index (χ1n) is 5.01. The second-order valence-corrected chi connectivity index (χ2v) is 4.47. The van der Waals surface area contributed by atoms with Crippen molar-refractivity contribution in [2.24, 2.45) is 0 Å². The Balaban J connectivity index is 2.78. The van der Waals surface area contributed by atoms with Gasteiger partial charge >= 0.3 is 0 Å². The molecular weight excluding hydrogens is 248 g/mol. The molecule has 0 aromatic heterocycles. The molecule has 0 fully saturated rings. The van der Waals surface area contributed by atoms with Gasteiger partial charge in [-0.2, -0.15) is 8.78 Å². The van der Waals surface area contributed by atoms with Crippen molar-refractivity contribution in [1.29, 1.82) is 0 Å². The van der Waals surface area contributed by atoms with Crippen LogP contribution in [-0.2, 0) is 0 Å². The first-order chi connectivity index (χ1) is 8.00. The Labute approximate surface area is 102 Å². The van der Waals surface area contributed by atoms with Crippen molar-refractivity contribution < 1.29 is 18.7 Å². The maximum Gasteiger partial charge on any atom is 0.288 e. The Hall–Kier alpha value is -1.14. The summed E-state index contributed by atoms with van der Waals surface area (Å²) in [4.78, 5) is 11.9. The third-order valence-electron chi connectivity index (χ3n) is 1.91. The highest BCUT2D eigenvalue weighted by atomic mass is 32.2. The molecule has 0 bridgehead atoms. The van der Waals surface area contributed by atoms with Gasteiger partial charge in [0.25, 0.3) is 11.7 Å². The van der Waals surface area contributed by atoms with Gasteiger partial charge in [-0.1, -0.05) is 23.9 Å². The fraction of sp³-hybridized carbons (Fsp3) is 0.364. The van der Waals surface area contributed by atoms with Crippen LogP contribution in [0.25, 0.3) is 0 Å². The maximum absolute atomic E-state index is 12.3. The Kier molecular flexibility index (Phi) is 5.37. The van der Waals surface area contributed by atoms with E-state index >= 15 is 0 Å². The van der Waals surface area contributed by atoms with E-state index in [4.69, 9.17) is 5.11 Å². The lowest BCUT2D eigenvalue weighted by Crippen LogP contribution is -2.30. The number of thioether (sulfide) groups is 1. The van der Waals surface area contributed by atoms with E-state index < -0.39 is 17.8 Å². The fourth-order valence-corrected chi connectivity index (χ4v) is 1.83. The summed E-state index contributed by atoms with van der Waals surface area (Å²) in [6.45, 7) is 1.62. The number of halogens is 2. The van der Waals surface area contributed by atoms with Gasteiger partial charge in [-0.05, 0) is 19.1 Å². The SMILES string of the molecule is C[C@H](O)CNC(=O)c1ccccc1SC(F)F. The van der Waals surface area contributed by atoms with E-state index in [2.05, 4.69) is 5.32 Å². The molecule has 1 atom stereocenters. The Morgan fingerprint density at radius 3 is 2.71 bits per heavy atom. The molecule has 0 aliphatic rings. The Morgan fingerprint density at radius 1 is 1.47 bits per heavy atom. The third kappa shape index (κ3) is 4.70. The fourth-order valence-electron chi connectivity index (χ4n) is 1.19. The van der Waals surface area contributed by atoms with Crippen molar-refractivity contribution in [2.45, 2.75) is 23.7 Å². The molecule has 3 nitrogen and oxygen atoms in total. The van der Waals surface area contributed by atoms with Gasteiger partial charge in [0.05, 0.1) is 11.7 Å². The molecule has 0 unspecified atom stereocenters. The lowest BCUT2D eigenvalue weighted by molar-refractivity contribution is 0.0921. The molecule has 6 heteroatoms. The monoisotopic (exact) mass is 261 g/mol. The average Bonchev–Trinajstić information content (AvgIpc) is 2.25. The minimum Gasteiger partial charge on any atom is -0.392 e. The molecule has 1 rings (SSSR count). The van der Waals surface area contributed by atoms with Crippen LogP contribution in [0, 0.1) is 0 Å². The molecule has 0 aliphatic carbocycles. The Bertz CT molecular complexity index is 385. The zero-order valence-corrected chi connectivity index (χ0v) is 10.0. The molecule has 1 aromatic carbocycles. The molecule has 0 spiro atoms. The van der Waals surface area contributed by atoms with Crippen LogP contribution in [0.15, 0.2) is 29.2 Å². The maximum atomic E-state index is 12.3. The number of carbonyl (C=O) groups excluding carboxylic acids is 1. The molecule has 0 heterocycles. The van der Waals surface area contributed by atoms with Crippen molar-refractivity contribution in [3.63, 3.8) is 0 Å². The highest BCUT2D eigenvalue weighted by molar-refractivity contribution is 7.99. The summed E-state index contributed by atoms with van der Waals surface area (Å²) in [6.07, 6.45) is -0.672. The van der Waals surface area contributed by atoms with Gasteiger partial charge in [0.1, 0.15) is 0 Å². The number of nitrogens with one attached hydrogen (secondary N) is 1. The minimum absolute atomic E-state index is 0.0898. The van der Waals surface area contributed by atoms with E-state index in [0.29, 0.717) is 11.8 Å². The molecule has 17 heavy (non-hydrogen) atoms. The zero-order valence-electron chi connectivity index (χ0n) is 9.19. The summed E-state index contributed by atoms with van der Waals surface area (Å²) in [7, 11) is 0. The second kappa shape index (κ2) is 6.56. The van der Waals surface area contributed by atoms with Crippen LogP contribution in [0.5, 0.6) is 0 Å². The van der Waals surface area contributed by atoms with Crippen LogP contribution in [-0.4, -0.2) is 29.4 Å². The number of hydrogen-bond acceptors (Lipinski definition) is 3. The highest BCUT2D eigenvalue weighted by Crippen LogP contribution is 2.28. The molecule has 2 N–H and O–H groups in total. The number of aliphatic hydroxyl groups is 1. The number of aliphatic hydroxyl groups excluding tert-OH is 1. The minimum atomic E-state index is -2.57. The first-order valence-corrected chi connectivity index (χ1v) is 5.88. The lowest BCUT2D eigenvalue weighted by Gasteiger charge is -2.10. The van der Waals surface area contributed by atoms with Gasteiger partial charge in [-0.25, -0.2) is 0 Å². The summed E-state index contributed by atoms with van der Waals surface area (Å²) in [5.74, 6) is -3.03. The van der Waals surface area contributed by atoms with Crippen LogP contribution < -0.4 is 5.32 Å². The number of hydrogen-bond donors (Lipinski definition) is 2. The highest BCUT2D eigenvalue weighted by Gasteiger charge is 2.14. The van der Waals surface area contributed by atoms with Crippen molar-refractivity contribution in [3.05, 3.63) is 29.8 Å². The average molecular weight is 261 g/mol. The predicted molar refractivity (Wildman–Crippen MR) is 62.3 cm³/mol. The van der Waals surface area contributed by atoms with Crippen LogP contribution in [0.4, 0.5) is 8.78 Å². The lowest BCUT2D eigenvalue weighted by atomic mass is 10.2. The van der Waals surface area contributed by atoms with Crippen molar-refractivity contribution in [3.8, 4) is 0 Å². The van der Waals surface area contributed by atoms with Crippen LogP contribution in [0.1, 0.15) is 17.3 Å². The van der Waals surface area contributed by atoms with Crippen LogP contribution in [0.3, 0.4) is 0 Å². The topological polar surface area (TPSA) is 49.3 Å². The van der Waals surface area contributed by atoms with E-state index in [9.17, 15) is 13.6 Å². The van der Waals surface area contributed by atoms with E-state index in [1.807, 2.05) is 0 Å². The number of rotatable bonds is 5. The van der Waals surface area contributed by atoms with Gasteiger partial charge in [-0.3, -0.25) is 4.79 Å². The predicted octanol–water partition coefficient (Wildman–Crippen LogP) is 2.11. The van der Waals surface area contributed by atoms with E-state index in [0.717, 1.165) is 0 Å². The van der Waals surface area contributed by atoms with E-state index in [-0.39, 0.29) is 17.0 Å². The number of carbonyl (C=O) groups is 1. The van der Waals surface area contributed by atoms with Crippen molar-refractivity contribution in [1.82, 2.24) is 5.32 Å². The molecular formula is C11H13F2NO2S. The van der Waals surface area contributed by atoms with E-state index in [1.54, 1.807) is 12.1 Å². The summed E-state index contributed by atoms with van der Waals surface area (Å²) in [6, 6.07) is 6.14. The third-order valence-corrected chi connectivity index (χ3v) is 2.69. The molecule has 0 aliphatic heterocycles. The quantitative estimate of drug-likeness (QED) is 0.798. The molecule has 0 radical (unpaired) electrons. The second-order valence-electron chi connectivity index (χ2n) is 3.43. The largest absolute Gasteiger partial charge is 0.392 e. The summed E-state index contributed by atoms with van der Waals surface area (Å²) < 4.78 is 24.5. The summed E-state index contributed by atoms with van der Waals surface area (Å²) in [5.41, 5.74) is 0.193. The molecule has 1 amide bonds. The van der Waals surface area contributed by atoms with Crippen LogP contribution >= 0.6 is 11.8 Å². The van der Waals surface area contributed by atoms with Crippen molar-refractivity contribution >= 4 is 17.7 Å². The summed E-state index contributed by atoms with van der Waals surface area (Å²) >= 11 is 0.331. The Morgan fingerprint density at radius 2 is 2.12 bits per heavy atom. The number of alkyl halides is 2. The number of amides is 1.